The van der Waals surface area contributed by atoms with Crippen LogP contribution in [0.15, 0.2) is 0 Å². The van der Waals surface area contributed by atoms with Crippen LogP contribution in [0.2, 0.25) is 0 Å². The summed E-state index contributed by atoms with van der Waals surface area (Å²) in [7, 11) is 0. The highest BCUT2D eigenvalue weighted by molar-refractivity contribution is 4.58. The first kappa shape index (κ1) is 16.4. The highest BCUT2D eigenvalue weighted by atomic mass is 16.5. The first-order chi connectivity index (χ1) is 6.19. The lowest BCUT2D eigenvalue weighted by Crippen LogP contribution is -2.21. The Morgan fingerprint density at radius 3 is 1.43 bits per heavy atom. The first-order valence-corrected chi connectivity index (χ1v) is 5.43. The van der Waals surface area contributed by atoms with Gasteiger partial charge in [-0.1, -0.05) is 27.7 Å². The zero-order chi connectivity index (χ0) is 11.8. The van der Waals surface area contributed by atoms with Crippen LogP contribution in [0, 0.1) is 11.8 Å². The minimum absolute atomic E-state index is 0.0320. The van der Waals surface area contributed by atoms with Crippen LogP contribution in [0.5, 0.6) is 0 Å². The summed E-state index contributed by atoms with van der Waals surface area (Å²) in [5.41, 5.74) is 0.0320. The molecule has 0 radical (unpaired) electrons. The lowest BCUT2D eigenvalue weighted by Gasteiger charge is -2.20. The van der Waals surface area contributed by atoms with Crippen molar-refractivity contribution in [2.24, 2.45) is 11.8 Å². The van der Waals surface area contributed by atoms with E-state index in [1.54, 1.807) is 0 Å². The molecule has 0 saturated heterocycles. The lowest BCUT2D eigenvalue weighted by atomic mass is 10.2. The van der Waals surface area contributed by atoms with E-state index in [1.165, 1.54) is 0 Å². The Morgan fingerprint density at radius 1 is 1.00 bits per heavy atom. The number of hydrogen-bond acceptors (Lipinski definition) is 2. The molecule has 0 aliphatic heterocycles. The van der Waals surface area contributed by atoms with E-state index in [9.17, 15) is 0 Å². The van der Waals surface area contributed by atoms with Gasteiger partial charge in [-0.3, -0.25) is 0 Å². The van der Waals surface area contributed by atoms with E-state index in [0.29, 0.717) is 18.4 Å². The molecule has 0 atom stereocenters. The molecule has 88 valence electrons. The molecule has 0 heterocycles. The Kier molecular flexibility index (Phi) is 9.63. The summed E-state index contributed by atoms with van der Waals surface area (Å²) in [5, 5.41) is 8.14. The molecule has 0 rings (SSSR count). The quantitative estimate of drug-likeness (QED) is 0.765. The van der Waals surface area contributed by atoms with Crippen molar-refractivity contribution < 1.29 is 9.84 Å². The summed E-state index contributed by atoms with van der Waals surface area (Å²) in [6, 6.07) is 0. The fraction of sp³-hybridized carbons (Fsp3) is 1.00. The van der Waals surface area contributed by atoms with E-state index in [1.807, 2.05) is 13.8 Å². The van der Waals surface area contributed by atoms with Crippen LogP contribution in [0.4, 0.5) is 0 Å². The monoisotopic (exact) mass is 204 g/mol. The molecular weight excluding hydrogens is 176 g/mol. The van der Waals surface area contributed by atoms with Gasteiger partial charge >= 0.3 is 0 Å². The molecule has 14 heavy (non-hydrogen) atoms. The van der Waals surface area contributed by atoms with Crippen LogP contribution in [-0.2, 0) is 4.74 Å². The summed E-state index contributed by atoms with van der Waals surface area (Å²) >= 11 is 0. The predicted molar refractivity (Wildman–Crippen MR) is 62.5 cm³/mol. The van der Waals surface area contributed by atoms with Crippen LogP contribution in [0.25, 0.3) is 0 Å². The molecule has 0 aromatic carbocycles. The number of hydrogen-bond donors (Lipinski definition) is 1. The molecule has 0 bridgehead atoms. The van der Waals surface area contributed by atoms with E-state index >= 15 is 0 Å². The second-order valence-electron chi connectivity index (χ2n) is 5.39. The molecule has 0 aromatic heterocycles. The van der Waals surface area contributed by atoms with Gasteiger partial charge in [0.15, 0.2) is 0 Å². The van der Waals surface area contributed by atoms with Crippen molar-refractivity contribution in [3.63, 3.8) is 0 Å². The lowest BCUT2D eigenvalue weighted by molar-refractivity contribution is -0.0167. The molecular formula is C12H28O2. The molecule has 1 N–H and O–H groups in total. The third-order valence-corrected chi connectivity index (χ3v) is 1.21. The van der Waals surface area contributed by atoms with Crippen LogP contribution in [-0.4, -0.2) is 23.9 Å². The fourth-order valence-corrected chi connectivity index (χ4v) is 0.417. The molecule has 0 aliphatic rings. The minimum Gasteiger partial charge on any atom is -0.396 e. The van der Waals surface area contributed by atoms with Gasteiger partial charge in [-0.2, -0.15) is 0 Å². The van der Waals surface area contributed by atoms with E-state index in [2.05, 4.69) is 34.6 Å². The van der Waals surface area contributed by atoms with Gasteiger partial charge in [-0.05, 0) is 32.6 Å². The molecule has 0 aliphatic carbocycles. The van der Waals surface area contributed by atoms with Crippen molar-refractivity contribution in [3.05, 3.63) is 0 Å². The fourth-order valence-electron chi connectivity index (χ4n) is 0.417. The van der Waals surface area contributed by atoms with Crippen molar-refractivity contribution in [3.8, 4) is 0 Å². The average molecular weight is 204 g/mol. The molecule has 0 amide bonds. The molecule has 0 aromatic rings. The Morgan fingerprint density at radius 2 is 1.36 bits per heavy atom. The van der Waals surface area contributed by atoms with Crippen LogP contribution < -0.4 is 0 Å². The molecule has 0 spiro atoms. The van der Waals surface area contributed by atoms with E-state index < -0.39 is 0 Å². The van der Waals surface area contributed by atoms with Crippen LogP contribution in [0.1, 0.15) is 48.5 Å². The highest BCUT2D eigenvalue weighted by Crippen LogP contribution is 2.08. The normalized spacial score (nSPS) is 11.6. The minimum atomic E-state index is 0.0320. The van der Waals surface area contributed by atoms with Crippen molar-refractivity contribution in [1.82, 2.24) is 0 Å². The summed E-state index contributed by atoms with van der Waals surface area (Å²) in [4.78, 5) is 0. The third kappa shape index (κ3) is 22.7. The summed E-state index contributed by atoms with van der Waals surface area (Å²) < 4.78 is 5.49. The van der Waals surface area contributed by atoms with Crippen molar-refractivity contribution in [2.75, 3.05) is 13.2 Å². The smallest absolute Gasteiger partial charge is 0.0598 e. The number of aliphatic hydroxyl groups is 1. The number of aliphatic hydroxyl groups excluding tert-OH is 1. The maximum atomic E-state index is 8.14. The Bertz CT molecular complexity index is 112. The number of ether oxygens (including phenoxy) is 1. The maximum absolute atomic E-state index is 8.14. The summed E-state index contributed by atoms with van der Waals surface area (Å²) in [6.07, 6.45) is 0. The van der Waals surface area contributed by atoms with E-state index in [4.69, 9.17) is 9.84 Å². The van der Waals surface area contributed by atoms with Gasteiger partial charge in [-0.25, -0.2) is 0 Å². The average Bonchev–Trinajstić information content (AvgIpc) is 2.01. The molecule has 2 heteroatoms. The first-order valence-electron chi connectivity index (χ1n) is 5.43. The summed E-state index contributed by atoms with van der Waals surface area (Å²) in [5.74, 6) is 1.08. The van der Waals surface area contributed by atoms with Gasteiger partial charge < -0.3 is 9.84 Å². The van der Waals surface area contributed by atoms with Gasteiger partial charge in [-0.15, -0.1) is 0 Å². The zero-order valence-electron chi connectivity index (χ0n) is 10.9. The molecule has 0 saturated carbocycles. The van der Waals surface area contributed by atoms with Crippen molar-refractivity contribution in [2.45, 2.75) is 54.1 Å². The second-order valence-corrected chi connectivity index (χ2v) is 5.39. The third-order valence-electron chi connectivity index (χ3n) is 1.21. The largest absolute Gasteiger partial charge is 0.396 e. The Labute approximate surface area is 89.7 Å². The van der Waals surface area contributed by atoms with Gasteiger partial charge in [0.25, 0.3) is 0 Å². The molecule has 0 unspecified atom stereocenters. The van der Waals surface area contributed by atoms with E-state index in [0.717, 1.165) is 6.61 Å². The highest BCUT2D eigenvalue weighted by Gasteiger charge is 2.09. The standard InChI is InChI=1S/C8H18O.C4H10O/c1-7(2)6-9-8(3,4)5;1-4(2)3-5/h7H,6H2,1-5H3;4-5H,3H2,1-2H3. The van der Waals surface area contributed by atoms with Crippen LogP contribution >= 0.6 is 0 Å². The molecule has 2 nitrogen and oxygen atoms in total. The maximum Gasteiger partial charge on any atom is 0.0598 e. The Hall–Kier alpha value is -0.0800. The van der Waals surface area contributed by atoms with Gasteiger partial charge in [0.1, 0.15) is 0 Å². The predicted octanol–water partition coefficient (Wildman–Crippen LogP) is 3.09. The second kappa shape index (κ2) is 8.25. The van der Waals surface area contributed by atoms with Crippen LogP contribution in [0.3, 0.4) is 0 Å². The topological polar surface area (TPSA) is 29.5 Å². The zero-order valence-corrected chi connectivity index (χ0v) is 10.9. The SMILES string of the molecule is CC(C)CO.CC(C)COC(C)(C)C. The van der Waals surface area contributed by atoms with Gasteiger partial charge in [0.05, 0.1) is 5.60 Å². The summed E-state index contributed by atoms with van der Waals surface area (Å²) in [6.45, 7) is 15.7. The van der Waals surface area contributed by atoms with Gasteiger partial charge in [0, 0.05) is 13.2 Å². The molecule has 0 fully saturated rings. The van der Waals surface area contributed by atoms with Crippen molar-refractivity contribution >= 4 is 0 Å². The van der Waals surface area contributed by atoms with E-state index in [-0.39, 0.29) is 5.60 Å². The Balaban J connectivity index is 0. The van der Waals surface area contributed by atoms with Crippen molar-refractivity contribution in [1.29, 1.82) is 0 Å². The van der Waals surface area contributed by atoms with Gasteiger partial charge in [0.2, 0.25) is 0 Å². The number of rotatable bonds is 3.